The van der Waals surface area contributed by atoms with E-state index in [0.717, 1.165) is 5.56 Å². The molecule has 3 rings (SSSR count). The number of anilines is 3. The zero-order chi connectivity index (χ0) is 20.1. The standard InChI is InChI=1S/C20H21Cl2N5O/c1-12(2)18(11-28)26-20-25-17(13-5-7-23-8-6-13)10-19(27-20)24-16-4-3-14(21)9-15(16)22/h3-10,12,18,28H,11H2,1-2H3,(H2,24,25,26,27)/t18-/m0/s1. The Bertz CT molecular complexity index is 937. The minimum Gasteiger partial charge on any atom is -0.394 e. The molecule has 2 aromatic heterocycles. The summed E-state index contributed by atoms with van der Waals surface area (Å²) in [6.07, 6.45) is 3.41. The van der Waals surface area contributed by atoms with Crippen molar-refractivity contribution < 1.29 is 5.11 Å². The van der Waals surface area contributed by atoms with Gasteiger partial charge in [-0.3, -0.25) is 4.98 Å². The molecule has 0 unspecified atom stereocenters. The molecule has 146 valence electrons. The van der Waals surface area contributed by atoms with Crippen LogP contribution in [0.25, 0.3) is 11.3 Å². The van der Waals surface area contributed by atoms with Crippen LogP contribution in [-0.4, -0.2) is 32.7 Å². The highest BCUT2D eigenvalue weighted by Crippen LogP contribution is 2.29. The summed E-state index contributed by atoms with van der Waals surface area (Å²) < 4.78 is 0. The molecular formula is C20H21Cl2N5O. The maximum Gasteiger partial charge on any atom is 0.225 e. The number of hydrogen-bond acceptors (Lipinski definition) is 6. The monoisotopic (exact) mass is 417 g/mol. The number of nitrogens with zero attached hydrogens (tertiary/aromatic N) is 3. The minimum absolute atomic E-state index is 0.0215. The largest absolute Gasteiger partial charge is 0.394 e. The van der Waals surface area contributed by atoms with Crippen molar-refractivity contribution in [2.75, 3.05) is 17.2 Å². The average molecular weight is 418 g/mol. The molecule has 3 aromatic rings. The van der Waals surface area contributed by atoms with Crippen molar-refractivity contribution in [1.29, 1.82) is 0 Å². The third kappa shape index (κ3) is 5.10. The highest BCUT2D eigenvalue weighted by molar-refractivity contribution is 6.36. The normalized spacial score (nSPS) is 12.1. The third-order valence-electron chi connectivity index (χ3n) is 4.21. The molecule has 0 spiro atoms. The van der Waals surface area contributed by atoms with Gasteiger partial charge in [0.2, 0.25) is 5.95 Å². The van der Waals surface area contributed by atoms with E-state index in [1.165, 1.54) is 0 Å². The fourth-order valence-corrected chi connectivity index (χ4v) is 3.02. The average Bonchev–Trinajstić information content (AvgIpc) is 2.68. The van der Waals surface area contributed by atoms with E-state index in [4.69, 9.17) is 23.2 Å². The van der Waals surface area contributed by atoms with Gasteiger partial charge in [0.15, 0.2) is 0 Å². The second-order valence-electron chi connectivity index (χ2n) is 6.62. The molecule has 28 heavy (non-hydrogen) atoms. The summed E-state index contributed by atoms with van der Waals surface area (Å²) in [6, 6.07) is 10.6. The number of nitrogens with one attached hydrogen (secondary N) is 2. The molecule has 0 aliphatic rings. The van der Waals surface area contributed by atoms with Crippen molar-refractivity contribution in [2.45, 2.75) is 19.9 Å². The van der Waals surface area contributed by atoms with Crippen molar-refractivity contribution >= 4 is 40.7 Å². The van der Waals surface area contributed by atoms with E-state index in [-0.39, 0.29) is 18.6 Å². The van der Waals surface area contributed by atoms with E-state index in [0.29, 0.717) is 33.2 Å². The van der Waals surface area contributed by atoms with Gasteiger partial charge in [-0.2, -0.15) is 4.98 Å². The SMILES string of the molecule is CC(C)[C@H](CO)Nc1nc(Nc2ccc(Cl)cc2Cl)cc(-c2ccncc2)n1. The lowest BCUT2D eigenvalue weighted by molar-refractivity contribution is 0.248. The molecule has 0 saturated carbocycles. The summed E-state index contributed by atoms with van der Waals surface area (Å²) in [7, 11) is 0. The van der Waals surface area contributed by atoms with Crippen LogP contribution in [0.2, 0.25) is 10.0 Å². The Morgan fingerprint density at radius 3 is 2.43 bits per heavy atom. The Balaban J connectivity index is 1.99. The van der Waals surface area contributed by atoms with Crippen LogP contribution in [0.4, 0.5) is 17.5 Å². The van der Waals surface area contributed by atoms with Crippen molar-refractivity contribution in [3.05, 3.63) is 58.8 Å². The molecule has 0 saturated heterocycles. The van der Waals surface area contributed by atoms with E-state index in [9.17, 15) is 5.11 Å². The van der Waals surface area contributed by atoms with Gasteiger partial charge in [0.25, 0.3) is 0 Å². The summed E-state index contributed by atoms with van der Waals surface area (Å²) in [4.78, 5) is 13.2. The van der Waals surface area contributed by atoms with E-state index in [1.807, 2.05) is 32.0 Å². The quantitative estimate of drug-likeness (QED) is 0.500. The molecular weight excluding hydrogens is 397 g/mol. The van der Waals surface area contributed by atoms with Gasteiger partial charge in [0, 0.05) is 29.0 Å². The van der Waals surface area contributed by atoms with Gasteiger partial charge in [-0.15, -0.1) is 0 Å². The van der Waals surface area contributed by atoms with E-state index in [1.54, 1.807) is 30.6 Å². The van der Waals surface area contributed by atoms with Crippen LogP contribution >= 0.6 is 23.2 Å². The number of aromatic nitrogens is 3. The van der Waals surface area contributed by atoms with Crippen molar-refractivity contribution in [3.63, 3.8) is 0 Å². The first-order valence-electron chi connectivity index (χ1n) is 8.85. The van der Waals surface area contributed by atoms with Crippen LogP contribution in [0.1, 0.15) is 13.8 Å². The molecule has 1 atom stereocenters. The fraction of sp³-hybridized carbons (Fsp3) is 0.250. The number of rotatable bonds is 7. The second kappa shape index (κ2) is 9.19. The molecule has 6 nitrogen and oxygen atoms in total. The second-order valence-corrected chi connectivity index (χ2v) is 7.47. The summed E-state index contributed by atoms with van der Waals surface area (Å²) in [5.41, 5.74) is 2.29. The molecule has 0 aliphatic carbocycles. The van der Waals surface area contributed by atoms with Crippen LogP contribution in [0, 0.1) is 5.92 Å². The van der Waals surface area contributed by atoms with Crippen molar-refractivity contribution in [1.82, 2.24) is 15.0 Å². The van der Waals surface area contributed by atoms with E-state index >= 15 is 0 Å². The lowest BCUT2D eigenvalue weighted by atomic mass is 10.1. The highest BCUT2D eigenvalue weighted by Gasteiger charge is 2.15. The van der Waals surface area contributed by atoms with Gasteiger partial charge >= 0.3 is 0 Å². The number of halogens is 2. The van der Waals surface area contributed by atoms with Crippen LogP contribution < -0.4 is 10.6 Å². The van der Waals surface area contributed by atoms with Crippen molar-refractivity contribution in [3.8, 4) is 11.3 Å². The molecule has 2 heterocycles. The number of benzene rings is 1. The van der Waals surface area contributed by atoms with Gasteiger partial charge in [-0.05, 0) is 36.2 Å². The first kappa shape index (κ1) is 20.3. The Kier molecular flexibility index (Phi) is 6.67. The molecule has 0 radical (unpaired) electrons. The zero-order valence-corrected chi connectivity index (χ0v) is 17.0. The number of hydrogen-bond donors (Lipinski definition) is 3. The highest BCUT2D eigenvalue weighted by atomic mass is 35.5. The molecule has 3 N–H and O–H groups in total. The smallest absolute Gasteiger partial charge is 0.225 e. The van der Waals surface area contributed by atoms with Crippen molar-refractivity contribution in [2.24, 2.45) is 5.92 Å². The van der Waals surface area contributed by atoms with Crippen LogP contribution in [0.3, 0.4) is 0 Å². The first-order chi connectivity index (χ1) is 13.5. The van der Waals surface area contributed by atoms with Gasteiger partial charge in [-0.1, -0.05) is 37.0 Å². The molecule has 8 heteroatoms. The first-order valence-corrected chi connectivity index (χ1v) is 9.61. The predicted molar refractivity (Wildman–Crippen MR) is 114 cm³/mol. The summed E-state index contributed by atoms with van der Waals surface area (Å²) >= 11 is 12.3. The Morgan fingerprint density at radius 2 is 1.79 bits per heavy atom. The van der Waals surface area contributed by atoms with Gasteiger partial charge in [0.1, 0.15) is 5.82 Å². The van der Waals surface area contributed by atoms with E-state index < -0.39 is 0 Å². The van der Waals surface area contributed by atoms with Crippen LogP contribution in [-0.2, 0) is 0 Å². The summed E-state index contributed by atoms with van der Waals surface area (Å²) in [5.74, 6) is 1.18. The van der Waals surface area contributed by atoms with Gasteiger partial charge < -0.3 is 15.7 Å². The van der Waals surface area contributed by atoms with Crippen LogP contribution in [0.5, 0.6) is 0 Å². The predicted octanol–water partition coefficient (Wildman–Crippen LogP) is 5.02. The van der Waals surface area contributed by atoms with Gasteiger partial charge in [-0.25, -0.2) is 4.98 Å². The Morgan fingerprint density at radius 1 is 1.04 bits per heavy atom. The lowest BCUT2D eigenvalue weighted by Crippen LogP contribution is -2.30. The number of pyridine rings is 1. The maximum absolute atomic E-state index is 9.64. The number of aliphatic hydroxyl groups is 1. The topological polar surface area (TPSA) is 83.0 Å². The fourth-order valence-electron chi connectivity index (χ4n) is 2.56. The van der Waals surface area contributed by atoms with Crippen LogP contribution in [0.15, 0.2) is 48.8 Å². The maximum atomic E-state index is 9.64. The molecule has 0 bridgehead atoms. The molecule has 1 aromatic carbocycles. The lowest BCUT2D eigenvalue weighted by Gasteiger charge is -2.21. The number of aliphatic hydroxyl groups excluding tert-OH is 1. The minimum atomic E-state index is -0.167. The summed E-state index contributed by atoms with van der Waals surface area (Å²) in [5, 5.41) is 17.1. The van der Waals surface area contributed by atoms with E-state index in [2.05, 4.69) is 25.6 Å². The Labute approximate surface area is 174 Å². The zero-order valence-electron chi connectivity index (χ0n) is 15.5. The van der Waals surface area contributed by atoms with Gasteiger partial charge in [0.05, 0.1) is 29.1 Å². The third-order valence-corrected chi connectivity index (χ3v) is 4.76. The molecule has 0 amide bonds. The molecule has 0 fully saturated rings. The Hall–Kier alpha value is -2.41. The summed E-state index contributed by atoms with van der Waals surface area (Å²) in [6.45, 7) is 4.02. The molecule has 0 aliphatic heterocycles.